The van der Waals surface area contributed by atoms with Crippen LogP contribution in [0.15, 0.2) is 24.4 Å². The highest BCUT2D eigenvalue weighted by Gasteiger charge is 2.31. The number of ether oxygens (including phenoxy) is 3. The van der Waals surface area contributed by atoms with Crippen LogP contribution in [0.25, 0.3) is 11.3 Å². The highest BCUT2D eigenvalue weighted by Crippen LogP contribution is 2.38. The summed E-state index contributed by atoms with van der Waals surface area (Å²) >= 11 is 0. The predicted molar refractivity (Wildman–Crippen MR) is 140 cm³/mol. The summed E-state index contributed by atoms with van der Waals surface area (Å²) in [5.74, 6) is -0.750. The lowest BCUT2D eigenvalue weighted by Gasteiger charge is -2.29. The van der Waals surface area contributed by atoms with Gasteiger partial charge in [0.2, 0.25) is 5.88 Å². The number of aryl methyl sites for hydroxylation is 2. The number of nitrogens with two attached hydrogens (primary N) is 1. The molecular weight excluding hydrogens is 492 g/mol. The Hall–Kier alpha value is -4.35. The number of amides is 1. The highest BCUT2D eigenvalue weighted by molar-refractivity contribution is 5.89. The molecular formula is C26H34N6O6. The number of anilines is 1. The summed E-state index contributed by atoms with van der Waals surface area (Å²) in [5, 5.41) is 14.0. The average molecular weight is 527 g/mol. The number of carboxylic acid groups (broad SMARTS) is 1. The van der Waals surface area contributed by atoms with Crippen LogP contribution in [0.3, 0.4) is 0 Å². The van der Waals surface area contributed by atoms with Crippen molar-refractivity contribution in [2.75, 3.05) is 19.9 Å². The van der Waals surface area contributed by atoms with Crippen LogP contribution in [0, 0.1) is 6.92 Å². The van der Waals surface area contributed by atoms with Crippen LogP contribution in [-0.4, -0.2) is 61.6 Å². The summed E-state index contributed by atoms with van der Waals surface area (Å²) in [6.45, 7) is 8.99. The number of rotatable bonds is 8. The van der Waals surface area contributed by atoms with Gasteiger partial charge in [-0.2, -0.15) is 0 Å². The topological polar surface area (TPSA) is 155 Å². The Labute approximate surface area is 221 Å². The molecule has 0 aliphatic rings. The van der Waals surface area contributed by atoms with Crippen LogP contribution in [0.2, 0.25) is 0 Å². The van der Waals surface area contributed by atoms with E-state index in [-0.39, 0.29) is 29.7 Å². The minimum atomic E-state index is -1.07. The maximum atomic E-state index is 12.8. The number of methoxy groups -OCH3 is 1. The number of nitrogen functional groups attached to an aromatic ring is 1. The van der Waals surface area contributed by atoms with Crippen molar-refractivity contribution in [1.29, 1.82) is 0 Å². The van der Waals surface area contributed by atoms with Gasteiger partial charge in [-0.05, 0) is 40.7 Å². The van der Waals surface area contributed by atoms with Gasteiger partial charge >= 0.3 is 12.1 Å². The zero-order valence-electron chi connectivity index (χ0n) is 22.9. The van der Waals surface area contributed by atoms with Gasteiger partial charge in [-0.3, -0.25) is 4.68 Å². The van der Waals surface area contributed by atoms with E-state index in [1.807, 2.05) is 13.8 Å². The van der Waals surface area contributed by atoms with E-state index < -0.39 is 23.7 Å². The van der Waals surface area contributed by atoms with Gasteiger partial charge in [0.1, 0.15) is 17.9 Å². The number of carbonyl (C=O) groups excluding carboxylic acids is 1. The maximum absolute atomic E-state index is 12.8. The Kier molecular flexibility index (Phi) is 8.13. The molecule has 38 heavy (non-hydrogen) atoms. The number of aromatic carboxylic acids is 1. The fourth-order valence-electron chi connectivity index (χ4n) is 3.85. The summed E-state index contributed by atoms with van der Waals surface area (Å²) in [4.78, 5) is 34.6. The third kappa shape index (κ3) is 6.13. The fraction of sp³-hybridized carbons (Fsp3) is 0.423. The van der Waals surface area contributed by atoms with Crippen molar-refractivity contribution in [3.8, 4) is 23.0 Å². The van der Waals surface area contributed by atoms with Gasteiger partial charge in [-0.15, -0.1) is 5.10 Å². The van der Waals surface area contributed by atoms with Crippen LogP contribution in [0.1, 0.15) is 60.9 Å². The van der Waals surface area contributed by atoms with E-state index in [0.717, 1.165) is 5.56 Å². The number of carbonyl (C=O) groups is 2. The molecule has 0 aliphatic heterocycles. The van der Waals surface area contributed by atoms with Gasteiger partial charge in [-0.1, -0.05) is 17.7 Å². The fourth-order valence-corrected chi connectivity index (χ4v) is 3.85. The maximum Gasteiger partial charge on any atom is 0.410 e. The molecule has 0 saturated carbocycles. The molecule has 2 aromatic heterocycles. The van der Waals surface area contributed by atoms with Gasteiger partial charge in [0.25, 0.3) is 5.88 Å². The lowest BCUT2D eigenvalue weighted by atomic mass is 10.1. The van der Waals surface area contributed by atoms with Crippen molar-refractivity contribution in [2.24, 2.45) is 7.05 Å². The van der Waals surface area contributed by atoms with E-state index in [2.05, 4.69) is 15.1 Å². The van der Waals surface area contributed by atoms with Crippen LogP contribution in [-0.2, 0) is 18.4 Å². The molecule has 204 valence electrons. The lowest BCUT2D eigenvalue weighted by molar-refractivity contribution is 0.0228. The zero-order valence-corrected chi connectivity index (χ0v) is 22.9. The second kappa shape index (κ2) is 11.0. The third-order valence-electron chi connectivity index (χ3n) is 5.79. The van der Waals surface area contributed by atoms with E-state index in [1.165, 1.54) is 24.3 Å². The summed E-state index contributed by atoms with van der Waals surface area (Å²) in [6, 6.07) is 4.48. The first kappa shape index (κ1) is 28.2. The number of benzene rings is 1. The molecule has 0 radical (unpaired) electrons. The molecule has 3 aromatic rings. The molecule has 0 spiro atoms. The van der Waals surface area contributed by atoms with Crippen molar-refractivity contribution in [2.45, 2.75) is 52.9 Å². The number of aromatic nitrogens is 4. The first-order chi connectivity index (χ1) is 17.7. The normalized spacial score (nSPS) is 12.1. The lowest BCUT2D eigenvalue weighted by Crippen LogP contribution is -2.36. The van der Waals surface area contributed by atoms with E-state index in [0.29, 0.717) is 22.5 Å². The standard InChI is InChI=1S/C26H34N6O6/c1-14-9-10-17(24(33)34)16(11-14)13-37-23-21(27)28-12-18(29-23)19-20(32(7)30-22(19)36-8)15(2)31(6)25(35)38-26(3,4)5/h9-12,15H,13H2,1-8H3,(H2,27,28)(H,33,34). The Bertz CT molecular complexity index is 1350. The number of nitrogens with zero attached hydrogens (tertiary/aromatic N) is 5. The largest absolute Gasteiger partial charge is 0.479 e. The monoisotopic (exact) mass is 526 g/mol. The first-order valence-electron chi connectivity index (χ1n) is 11.9. The highest BCUT2D eigenvalue weighted by atomic mass is 16.6. The summed E-state index contributed by atoms with van der Waals surface area (Å²) in [5.41, 5.74) is 8.32. The van der Waals surface area contributed by atoms with Gasteiger partial charge in [0, 0.05) is 19.7 Å². The van der Waals surface area contributed by atoms with Crippen LogP contribution in [0.5, 0.6) is 11.8 Å². The van der Waals surface area contributed by atoms with Gasteiger partial charge in [-0.25, -0.2) is 19.6 Å². The van der Waals surface area contributed by atoms with E-state index in [1.54, 1.807) is 51.7 Å². The molecule has 3 rings (SSSR count). The Balaban J connectivity index is 2.00. The Morgan fingerprint density at radius 2 is 1.92 bits per heavy atom. The molecule has 3 N–H and O–H groups in total. The van der Waals surface area contributed by atoms with Crippen molar-refractivity contribution in [1.82, 2.24) is 24.6 Å². The molecule has 1 aromatic carbocycles. The molecule has 12 heteroatoms. The molecule has 2 heterocycles. The summed E-state index contributed by atoms with van der Waals surface area (Å²) < 4.78 is 18.5. The van der Waals surface area contributed by atoms with E-state index in [4.69, 9.17) is 19.9 Å². The molecule has 0 bridgehead atoms. The van der Waals surface area contributed by atoms with Gasteiger partial charge in [0.15, 0.2) is 5.82 Å². The quantitative estimate of drug-likeness (QED) is 0.440. The van der Waals surface area contributed by atoms with Crippen molar-refractivity contribution >= 4 is 17.9 Å². The first-order valence-corrected chi connectivity index (χ1v) is 11.9. The molecule has 0 aliphatic carbocycles. The second-order valence-electron chi connectivity index (χ2n) is 9.86. The SMILES string of the molecule is COc1nn(C)c(C(C)N(C)C(=O)OC(C)(C)C)c1-c1cnc(N)c(OCc2cc(C)ccc2C(=O)O)n1. The smallest absolute Gasteiger partial charge is 0.410 e. The molecule has 1 atom stereocenters. The predicted octanol–water partition coefficient (Wildman–Crippen LogP) is 3.98. The minimum Gasteiger partial charge on any atom is -0.479 e. The molecule has 0 saturated heterocycles. The Morgan fingerprint density at radius 1 is 1.24 bits per heavy atom. The number of carboxylic acids is 1. The molecule has 1 amide bonds. The van der Waals surface area contributed by atoms with Crippen LogP contribution >= 0.6 is 0 Å². The van der Waals surface area contributed by atoms with E-state index in [9.17, 15) is 14.7 Å². The second-order valence-corrected chi connectivity index (χ2v) is 9.86. The number of hydrogen-bond donors (Lipinski definition) is 2. The summed E-state index contributed by atoms with van der Waals surface area (Å²) in [6.07, 6.45) is 0.955. The van der Waals surface area contributed by atoms with Crippen molar-refractivity contribution < 1.29 is 28.9 Å². The third-order valence-corrected chi connectivity index (χ3v) is 5.79. The average Bonchev–Trinajstić information content (AvgIpc) is 3.17. The van der Waals surface area contributed by atoms with E-state index >= 15 is 0 Å². The van der Waals surface area contributed by atoms with Crippen LogP contribution in [0.4, 0.5) is 10.6 Å². The van der Waals surface area contributed by atoms with Crippen molar-refractivity contribution in [3.63, 3.8) is 0 Å². The van der Waals surface area contributed by atoms with Gasteiger partial charge in [0.05, 0.1) is 36.2 Å². The van der Waals surface area contributed by atoms with Crippen LogP contribution < -0.4 is 15.2 Å². The Morgan fingerprint density at radius 3 is 2.53 bits per heavy atom. The molecule has 0 fully saturated rings. The minimum absolute atomic E-state index is 0.0188. The van der Waals surface area contributed by atoms with Gasteiger partial charge < -0.3 is 30.0 Å². The summed E-state index contributed by atoms with van der Waals surface area (Å²) in [7, 11) is 4.84. The zero-order chi connectivity index (χ0) is 28.4. The number of hydrogen-bond acceptors (Lipinski definition) is 9. The molecule has 12 nitrogen and oxygen atoms in total. The molecule has 1 unspecified atom stereocenters. The van der Waals surface area contributed by atoms with Crippen molar-refractivity contribution in [3.05, 3.63) is 46.8 Å².